The molecule has 2 aromatic rings. The molecule has 2 aliphatic rings. The smallest absolute Gasteiger partial charge is 0.252 e. The third-order valence-electron chi connectivity index (χ3n) is 5.27. The average Bonchev–Trinajstić information content (AvgIpc) is 3.21. The van der Waals surface area contributed by atoms with Gasteiger partial charge in [0.15, 0.2) is 0 Å². The fourth-order valence-electron chi connectivity index (χ4n) is 3.97. The molecule has 1 aromatic heterocycles. The minimum Gasteiger partial charge on any atom is -0.349 e. The molecule has 0 spiro atoms. The number of hydrogen-bond donors (Lipinski definition) is 2. The van der Waals surface area contributed by atoms with E-state index in [4.69, 9.17) is 0 Å². The van der Waals surface area contributed by atoms with Crippen LogP contribution in [0.5, 0.6) is 0 Å². The van der Waals surface area contributed by atoms with E-state index in [1.807, 2.05) is 11.0 Å². The summed E-state index contributed by atoms with van der Waals surface area (Å²) in [5.41, 5.74) is 3.28. The number of anilines is 1. The van der Waals surface area contributed by atoms with Gasteiger partial charge in [0.2, 0.25) is 11.9 Å². The molecule has 1 saturated heterocycles. The van der Waals surface area contributed by atoms with Gasteiger partial charge in [0.25, 0.3) is 5.56 Å². The molecule has 0 radical (unpaired) electrons. The van der Waals surface area contributed by atoms with Crippen LogP contribution in [-0.4, -0.2) is 33.9 Å². The molecule has 26 heavy (non-hydrogen) atoms. The lowest BCUT2D eigenvalue weighted by Gasteiger charge is -2.16. The van der Waals surface area contributed by atoms with Crippen LogP contribution in [0.15, 0.2) is 35.1 Å². The van der Waals surface area contributed by atoms with Gasteiger partial charge < -0.3 is 10.2 Å². The molecule has 0 saturated carbocycles. The van der Waals surface area contributed by atoms with Gasteiger partial charge in [-0.15, -0.1) is 0 Å². The van der Waals surface area contributed by atoms with Gasteiger partial charge in [-0.2, -0.15) is 0 Å². The molecule has 4 rings (SSSR count). The number of likely N-dealkylation sites (tertiary alicyclic amines) is 1. The summed E-state index contributed by atoms with van der Waals surface area (Å²) in [7, 11) is 0. The molecule has 0 bridgehead atoms. The number of amides is 1. The molecule has 6 heteroatoms. The van der Waals surface area contributed by atoms with Crippen LogP contribution in [0.25, 0.3) is 0 Å². The highest BCUT2D eigenvalue weighted by Gasteiger charge is 2.22. The number of aromatic amines is 1. The maximum absolute atomic E-state index is 12.0. The van der Waals surface area contributed by atoms with Crippen molar-refractivity contribution in [2.75, 3.05) is 18.4 Å². The van der Waals surface area contributed by atoms with Gasteiger partial charge in [0.05, 0.1) is 6.04 Å². The van der Waals surface area contributed by atoms with E-state index in [-0.39, 0.29) is 17.5 Å². The van der Waals surface area contributed by atoms with E-state index in [9.17, 15) is 9.59 Å². The SMILES string of the molecule is O=C1CCCN1CCCc1cc(=O)[nH]c(N[C@@H]2CCc3ccccc32)n1. The minimum absolute atomic E-state index is 0.138. The first-order valence-electron chi connectivity index (χ1n) is 9.41. The average molecular weight is 352 g/mol. The van der Waals surface area contributed by atoms with E-state index < -0.39 is 0 Å². The normalized spacial score (nSPS) is 19.0. The summed E-state index contributed by atoms with van der Waals surface area (Å²) in [6, 6.07) is 10.1. The van der Waals surface area contributed by atoms with Crippen molar-refractivity contribution < 1.29 is 4.79 Å². The van der Waals surface area contributed by atoms with Crippen molar-refractivity contribution >= 4 is 11.9 Å². The Bertz CT molecular complexity index is 861. The Morgan fingerprint density at radius 3 is 2.96 bits per heavy atom. The summed E-state index contributed by atoms with van der Waals surface area (Å²) >= 11 is 0. The van der Waals surface area contributed by atoms with Crippen LogP contribution < -0.4 is 10.9 Å². The molecule has 136 valence electrons. The maximum atomic E-state index is 12.0. The van der Waals surface area contributed by atoms with Crippen molar-refractivity contribution in [3.8, 4) is 0 Å². The summed E-state index contributed by atoms with van der Waals surface area (Å²) in [6.45, 7) is 1.60. The van der Waals surface area contributed by atoms with Crippen LogP contribution in [0.1, 0.15) is 48.5 Å². The van der Waals surface area contributed by atoms with Gasteiger partial charge >= 0.3 is 0 Å². The quantitative estimate of drug-likeness (QED) is 0.837. The van der Waals surface area contributed by atoms with Crippen molar-refractivity contribution in [3.05, 3.63) is 57.5 Å². The van der Waals surface area contributed by atoms with E-state index in [2.05, 4.69) is 33.5 Å². The van der Waals surface area contributed by atoms with Crippen molar-refractivity contribution in [1.82, 2.24) is 14.9 Å². The van der Waals surface area contributed by atoms with Gasteiger partial charge in [-0.25, -0.2) is 4.98 Å². The number of nitrogens with one attached hydrogen (secondary N) is 2. The Morgan fingerprint density at radius 2 is 2.12 bits per heavy atom. The molecule has 1 atom stereocenters. The van der Waals surface area contributed by atoms with Crippen LogP contribution in [0.4, 0.5) is 5.95 Å². The zero-order valence-corrected chi connectivity index (χ0v) is 14.8. The van der Waals surface area contributed by atoms with E-state index in [0.29, 0.717) is 18.8 Å². The molecule has 6 nitrogen and oxygen atoms in total. The second-order valence-corrected chi connectivity index (χ2v) is 7.11. The highest BCUT2D eigenvalue weighted by Crippen LogP contribution is 2.32. The van der Waals surface area contributed by atoms with E-state index >= 15 is 0 Å². The van der Waals surface area contributed by atoms with Crippen molar-refractivity contribution in [1.29, 1.82) is 0 Å². The van der Waals surface area contributed by atoms with Gasteiger partial charge in [-0.1, -0.05) is 24.3 Å². The predicted octanol–water partition coefficient (Wildman–Crippen LogP) is 2.42. The van der Waals surface area contributed by atoms with E-state index in [1.165, 1.54) is 11.1 Å². The number of fused-ring (bicyclic) bond motifs is 1. The lowest BCUT2D eigenvalue weighted by atomic mass is 10.1. The highest BCUT2D eigenvalue weighted by atomic mass is 16.2. The molecule has 1 fully saturated rings. The molecule has 1 aliphatic heterocycles. The largest absolute Gasteiger partial charge is 0.349 e. The zero-order chi connectivity index (χ0) is 17.9. The first kappa shape index (κ1) is 16.8. The fourth-order valence-corrected chi connectivity index (χ4v) is 3.97. The third kappa shape index (κ3) is 3.64. The number of aromatic nitrogens is 2. The Labute approximate surface area is 152 Å². The molecule has 2 heterocycles. The van der Waals surface area contributed by atoms with Gasteiger partial charge in [-0.3, -0.25) is 14.6 Å². The van der Waals surface area contributed by atoms with Gasteiger partial charge in [0.1, 0.15) is 0 Å². The molecule has 2 N–H and O–H groups in total. The topological polar surface area (TPSA) is 78.1 Å². The van der Waals surface area contributed by atoms with Gasteiger partial charge in [-0.05, 0) is 43.2 Å². The lowest BCUT2D eigenvalue weighted by molar-refractivity contribution is -0.127. The number of nitrogens with zero attached hydrogens (tertiary/aromatic N) is 2. The van der Waals surface area contributed by atoms with Crippen LogP contribution in [0.3, 0.4) is 0 Å². The molecule has 0 unspecified atom stereocenters. The fraction of sp³-hybridized carbons (Fsp3) is 0.450. The number of carbonyl (C=O) groups excluding carboxylic acids is 1. The van der Waals surface area contributed by atoms with Crippen LogP contribution in [-0.2, 0) is 17.6 Å². The predicted molar refractivity (Wildman–Crippen MR) is 100 cm³/mol. The summed E-state index contributed by atoms with van der Waals surface area (Å²) < 4.78 is 0. The van der Waals surface area contributed by atoms with Crippen molar-refractivity contribution in [3.63, 3.8) is 0 Å². The first-order valence-corrected chi connectivity index (χ1v) is 9.41. The lowest BCUT2D eigenvalue weighted by Crippen LogP contribution is -2.26. The van der Waals surface area contributed by atoms with Crippen molar-refractivity contribution in [2.24, 2.45) is 0 Å². The molecule has 1 aromatic carbocycles. The summed E-state index contributed by atoms with van der Waals surface area (Å²) in [5.74, 6) is 0.776. The Morgan fingerprint density at radius 1 is 1.23 bits per heavy atom. The standard InChI is InChI=1S/C20H24N4O2/c25-18-13-15(6-3-11-24-12-4-8-19(24)26)21-20(23-18)22-17-10-9-14-5-1-2-7-16(14)17/h1-2,5,7,13,17H,3-4,6,8-12H2,(H2,21,22,23,25)/t17-/m1/s1. The molecular weight excluding hydrogens is 328 g/mol. The third-order valence-corrected chi connectivity index (χ3v) is 5.27. The Hall–Kier alpha value is -2.63. The minimum atomic E-state index is -0.138. The van der Waals surface area contributed by atoms with Crippen LogP contribution in [0.2, 0.25) is 0 Å². The van der Waals surface area contributed by atoms with Crippen LogP contribution >= 0.6 is 0 Å². The first-order chi connectivity index (χ1) is 12.7. The number of rotatable bonds is 6. The Kier molecular flexibility index (Phi) is 4.73. The summed E-state index contributed by atoms with van der Waals surface area (Å²) in [6.07, 6.45) is 5.20. The molecule has 1 aliphatic carbocycles. The second-order valence-electron chi connectivity index (χ2n) is 7.11. The van der Waals surface area contributed by atoms with Gasteiger partial charge in [0, 0.05) is 31.3 Å². The number of aryl methyl sites for hydroxylation is 2. The monoisotopic (exact) mass is 352 g/mol. The summed E-state index contributed by atoms with van der Waals surface area (Å²) in [5, 5.41) is 3.39. The number of carbonyl (C=O) groups is 1. The Balaban J connectivity index is 1.40. The van der Waals surface area contributed by atoms with E-state index in [0.717, 1.165) is 44.5 Å². The van der Waals surface area contributed by atoms with E-state index in [1.54, 1.807) is 6.07 Å². The number of benzene rings is 1. The highest BCUT2D eigenvalue weighted by molar-refractivity contribution is 5.77. The molecular formula is C20H24N4O2. The van der Waals surface area contributed by atoms with Crippen molar-refractivity contribution in [2.45, 2.75) is 44.6 Å². The van der Waals surface area contributed by atoms with Crippen LogP contribution in [0, 0.1) is 0 Å². The summed E-state index contributed by atoms with van der Waals surface area (Å²) in [4.78, 5) is 33.0. The number of H-pyrrole nitrogens is 1. The number of hydrogen-bond acceptors (Lipinski definition) is 4. The zero-order valence-electron chi connectivity index (χ0n) is 14.8. The second kappa shape index (κ2) is 7.32. The maximum Gasteiger partial charge on any atom is 0.252 e. The molecule has 1 amide bonds.